The Bertz CT molecular complexity index is 595. The van der Waals surface area contributed by atoms with Gasteiger partial charge in [-0.1, -0.05) is 47.5 Å². The van der Waals surface area contributed by atoms with Crippen molar-refractivity contribution in [3.8, 4) is 0 Å². The molecule has 0 amide bonds. The van der Waals surface area contributed by atoms with Crippen molar-refractivity contribution in [1.82, 2.24) is 0 Å². The maximum absolute atomic E-state index is 13.4. The summed E-state index contributed by atoms with van der Waals surface area (Å²) in [6.07, 6.45) is -0.375. The second-order valence-electron chi connectivity index (χ2n) is 4.79. The van der Waals surface area contributed by atoms with Gasteiger partial charge >= 0.3 is 0 Å². The maximum atomic E-state index is 13.4. The zero-order chi connectivity index (χ0) is 14.0. The minimum atomic E-state index is -0.802. The summed E-state index contributed by atoms with van der Waals surface area (Å²) in [4.78, 5) is 0. The summed E-state index contributed by atoms with van der Waals surface area (Å²) in [6.45, 7) is 4.00. The molecule has 0 bridgehead atoms. The standard InChI is InChI=1S/C16H16ClFO/c1-10-6-7-11(2)12(8-10)9-15(19)13-4-3-5-14(18)16(13)17/h3-8,15,19H,9H2,1-2H3. The van der Waals surface area contributed by atoms with E-state index in [0.29, 0.717) is 12.0 Å². The number of rotatable bonds is 3. The van der Waals surface area contributed by atoms with Crippen LogP contribution in [0.5, 0.6) is 0 Å². The van der Waals surface area contributed by atoms with Crippen LogP contribution in [0.1, 0.15) is 28.4 Å². The summed E-state index contributed by atoms with van der Waals surface area (Å²) in [5.74, 6) is -0.501. The Labute approximate surface area is 117 Å². The molecule has 0 heterocycles. The summed E-state index contributed by atoms with van der Waals surface area (Å²) in [7, 11) is 0. The van der Waals surface area contributed by atoms with Gasteiger partial charge in [-0.3, -0.25) is 0 Å². The van der Waals surface area contributed by atoms with E-state index in [9.17, 15) is 9.50 Å². The molecule has 1 atom stereocenters. The Morgan fingerprint density at radius 3 is 2.68 bits per heavy atom. The zero-order valence-electron chi connectivity index (χ0n) is 11.0. The van der Waals surface area contributed by atoms with E-state index in [1.54, 1.807) is 12.1 Å². The largest absolute Gasteiger partial charge is 0.388 e. The molecule has 2 aromatic rings. The molecule has 2 aromatic carbocycles. The third kappa shape index (κ3) is 3.14. The van der Waals surface area contributed by atoms with Crippen LogP contribution in [0.3, 0.4) is 0 Å². The Balaban J connectivity index is 2.28. The number of aliphatic hydroxyl groups excluding tert-OH is 1. The first-order valence-corrected chi connectivity index (χ1v) is 6.55. The molecule has 100 valence electrons. The summed E-state index contributed by atoms with van der Waals surface area (Å²) >= 11 is 5.89. The van der Waals surface area contributed by atoms with Gasteiger partial charge in [-0.15, -0.1) is 0 Å². The van der Waals surface area contributed by atoms with Crippen molar-refractivity contribution >= 4 is 11.6 Å². The lowest BCUT2D eigenvalue weighted by Gasteiger charge is -2.15. The predicted octanol–water partition coefficient (Wildman–Crippen LogP) is 4.37. The molecule has 0 aliphatic carbocycles. The summed E-state index contributed by atoms with van der Waals surface area (Å²) < 4.78 is 13.4. The van der Waals surface area contributed by atoms with Crippen LogP contribution in [0.25, 0.3) is 0 Å². The molecule has 0 spiro atoms. The molecule has 0 radical (unpaired) electrons. The van der Waals surface area contributed by atoms with E-state index in [1.807, 2.05) is 32.0 Å². The highest BCUT2D eigenvalue weighted by molar-refractivity contribution is 6.31. The first-order valence-electron chi connectivity index (χ1n) is 6.17. The van der Waals surface area contributed by atoms with Crippen molar-refractivity contribution in [3.63, 3.8) is 0 Å². The predicted molar refractivity (Wildman–Crippen MR) is 76.0 cm³/mol. The Kier molecular flexibility index (Phi) is 4.23. The van der Waals surface area contributed by atoms with Crippen molar-refractivity contribution in [1.29, 1.82) is 0 Å². The Morgan fingerprint density at radius 2 is 1.95 bits per heavy atom. The third-order valence-electron chi connectivity index (χ3n) is 3.26. The van der Waals surface area contributed by atoms with E-state index in [2.05, 4.69) is 0 Å². The average molecular weight is 279 g/mol. The molecular formula is C16H16ClFO. The molecule has 0 saturated heterocycles. The lowest BCUT2D eigenvalue weighted by atomic mass is 9.96. The first-order chi connectivity index (χ1) is 8.99. The SMILES string of the molecule is Cc1ccc(C)c(CC(O)c2cccc(F)c2Cl)c1. The van der Waals surface area contributed by atoms with Gasteiger partial charge in [0.1, 0.15) is 5.82 Å². The molecule has 0 aliphatic heterocycles. The molecule has 0 aromatic heterocycles. The number of aryl methyl sites for hydroxylation is 2. The van der Waals surface area contributed by atoms with Gasteiger partial charge in [0.05, 0.1) is 11.1 Å². The van der Waals surface area contributed by atoms with Crippen LogP contribution < -0.4 is 0 Å². The molecular weight excluding hydrogens is 263 g/mol. The van der Waals surface area contributed by atoms with Gasteiger partial charge in [-0.05, 0) is 31.0 Å². The Hall–Kier alpha value is -1.38. The summed E-state index contributed by atoms with van der Waals surface area (Å²) in [5, 5.41) is 10.2. The molecule has 19 heavy (non-hydrogen) atoms. The van der Waals surface area contributed by atoms with Gasteiger partial charge in [0, 0.05) is 12.0 Å². The number of halogens is 2. The van der Waals surface area contributed by atoms with Crippen LogP contribution in [0, 0.1) is 19.7 Å². The second kappa shape index (κ2) is 5.72. The molecule has 1 N–H and O–H groups in total. The molecule has 1 unspecified atom stereocenters. The van der Waals surface area contributed by atoms with Crippen LogP contribution >= 0.6 is 11.6 Å². The molecule has 0 fully saturated rings. The molecule has 1 nitrogen and oxygen atoms in total. The highest BCUT2D eigenvalue weighted by Gasteiger charge is 2.15. The van der Waals surface area contributed by atoms with Crippen LogP contribution in [0.15, 0.2) is 36.4 Å². The quantitative estimate of drug-likeness (QED) is 0.884. The van der Waals surface area contributed by atoms with Crippen LogP contribution in [-0.2, 0) is 6.42 Å². The van der Waals surface area contributed by atoms with Gasteiger partial charge in [0.15, 0.2) is 0 Å². The summed E-state index contributed by atoms with van der Waals surface area (Å²) in [6, 6.07) is 10.6. The van der Waals surface area contributed by atoms with E-state index >= 15 is 0 Å². The van der Waals surface area contributed by atoms with Crippen molar-refractivity contribution in [3.05, 3.63) is 69.5 Å². The molecule has 0 saturated carbocycles. The number of hydrogen-bond donors (Lipinski definition) is 1. The fraction of sp³-hybridized carbons (Fsp3) is 0.250. The second-order valence-corrected chi connectivity index (χ2v) is 5.17. The number of benzene rings is 2. The van der Waals surface area contributed by atoms with Gasteiger partial charge in [-0.2, -0.15) is 0 Å². The maximum Gasteiger partial charge on any atom is 0.142 e. The van der Waals surface area contributed by atoms with Crippen molar-refractivity contribution in [2.45, 2.75) is 26.4 Å². The zero-order valence-corrected chi connectivity index (χ0v) is 11.7. The fourth-order valence-corrected chi connectivity index (χ4v) is 2.37. The normalized spacial score (nSPS) is 12.5. The van der Waals surface area contributed by atoms with Crippen molar-refractivity contribution in [2.24, 2.45) is 0 Å². The van der Waals surface area contributed by atoms with E-state index in [0.717, 1.165) is 16.7 Å². The van der Waals surface area contributed by atoms with E-state index in [1.165, 1.54) is 6.07 Å². The van der Waals surface area contributed by atoms with Crippen LogP contribution in [0.2, 0.25) is 5.02 Å². The lowest BCUT2D eigenvalue weighted by Crippen LogP contribution is -2.05. The smallest absolute Gasteiger partial charge is 0.142 e. The van der Waals surface area contributed by atoms with Crippen LogP contribution in [-0.4, -0.2) is 5.11 Å². The van der Waals surface area contributed by atoms with Gasteiger partial charge < -0.3 is 5.11 Å². The molecule has 2 rings (SSSR count). The minimum absolute atomic E-state index is 0.000283. The lowest BCUT2D eigenvalue weighted by molar-refractivity contribution is 0.178. The van der Waals surface area contributed by atoms with E-state index in [4.69, 9.17) is 11.6 Å². The van der Waals surface area contributed by atoms with Crippen molar-refractivity contribution in [2.75, 3.05) is 0 Å². The van der Waals surface area contributed by atoms with E-state index in [-0.39, 0.29) is 5.02 Å². The third-order valence-corrected chi connectivity index (χ3v) is 3.66. The first kappa shape index (κ1) is 14.0. The topological polar surface area (TPSA) is 20.2 Å². The van der Waals surface area contributed by atoms with Gasteiger partial charge in [0.2, 0.25) is 0 Å². The average Bonchev–Trinajstić information content (AvgIpc) is 2.37. The highest BCUT2D eigenvalue weighted by atomic mass is 35.5. The molecule has 0 aliphatic rings. The van der Waals surface area contributed by atoms with Crippen molar-refractivity contribution < 1.29 is 9.50 Å². The number of aliphatic hydroxyl groups is 1. The van der Waals surface area contributed by atoms with Gasteiger partial charge in [0.25, 0.3) is 0 Å². The van der Waals surface area contributed by atoms with Crippen LogP contribution in [0.4, 0.5) is 4.39 Å². The Morgan fingerprint density at radius 1 is 1.21 bits per heavy atom. The van der Waals surface area contributed by atoms with E-state index < -0.39 is 11.9 Å². The number of hydrogen-bond acceptors (Lipinski definition) is 1. The highest BCUT2D eigenvalue weighted by Crippen LogP contribution is 2.28. The molecule has 3 heteroatoms. The van der Waals surface area contributed by atoms with Gasteiger partial charge in [-0.25, -0.2) is 4.39 Å². The fourth-order valence-electron chi connectivity index (χ4n) is 2.12. The minimum Gasteiger partial charge on any atom is -0.388 e. The summed E-state index contributed by atoms with van der Waals surface area (Å²) in [5.41, 5.74) is 3.73. The monoisotopic (exact) mass is 278 g/mol.